The predicted octanol–water partition coefficient (Wildman–Crippen LogP) is 4.45. The summed E-state index contributed by atoms with van der Waals surface area (Å²) in [5, 5.41) is 3.48. The summed E-state index contributed by atoms with van der Waals surface area (Å²) in [6.07, 6.45) is 9.81. The topological polar surface area (TPSA) is 111 Å². The lowest BCUT2D eigenvalue weighted by Gasteiger charge is -2.25. The Bertz CT molecular complexity index is 1290. The number of nitrogens with zero attached hydrogens (tertiary/aromatic N) is 5. The lowest BCUT2D eigenvalue weighted by atomic mass is 9.78. The number of aliphatic imine (C=N–C) groups is 1. The Morgan fingerprint density at radius 1 is 1.35 bits per heavy atom. The van der Waals surface area contributed by atoms with Crippen molar-refractivity contribution in [1.29, 1.82) is 0 Å². The Balaban J connectivity index is 1.48. The number of nitrogens with two attached hydrogens (primary N) is 1. The molecule has 9 heteroatoms. The van der Waals surface area contributed by atoms with Crippen molar-refractivity contribution in [3.8, 4) is 0 Å². The fourth-order valence-corrected chi connectivity index (χ4v) is 4.76. The Kier molecular flexibility index (Phi) is 5.69. The van der Waals surface area contributed by atoms with Crippen LogP contribution in [0.3, 0.4) is 0 Å². The summed E-state index contributed by atoms with van der Waals surface area (Å²) in [7, 11) is 0. The maximum Gasteiger partial charge on any atom is 0.240 e. The molecule has 8 nitrogen and oxygen atoms in total. The van der Waals surface area contributed by atoms with Crippen LogP contribution in [0.2, 0.25) is 5.02 Å². The number of fused-ring (bicyclic) bond motifs is 1. The number of halogens is 1. The highest BCUT2D eigenvalue weighted by Crippen LogP contribution is 2.44. The lowest BCUT2D eigenvalue weighted by Crippen LogP contribution is -2.32. The summed E-state index contributed by atoms with van der Waals surface area (Å²) >= 11 is 6.04. The number of carbonyl (C=O) groups is 1. The van der Waals surface area contributed by atoms with E-state index in [4.69, 9.17) is 22.3 Å². The molecule has 0 saturated heterocycles. The van der Waals surface area contributed by atoms with E-state index in [0.717, 1.165) is 23.5 Å². The second kappa shape index (κ2) is 8.68. The number of hydrogen-bond donors (Lipinski definition) is 2. The van der Waals surface area contributed by atoms with Gasteiger partial charge in [0.2, 0.25) is 5.91 Å². The SMILES string of the molecule is C=Cn1ccnc1/C(CC1CCC1)=N\Cc1nc(N)c2c(n1)NC(=O)C2(C)c1ccc(Cl)cc1. The number of anilines is 2. The first-order chi connectivity index (χ1) is 16.4. The van der Waals surface area contributed by atoms with Gasteiger partial charge in [0, 0.05) is 23.6 Å². The second-order valence-electron chi connectivity index (χ2n) is 8.94. The predicted molar refractivity (Wildman–Crippen MR) is 134 cm³/mol. The van der Waals surface area contributed by atoms with Crippen LogP contribution in [0.4, 0.5) is 11.6 Å². The lowest BCUT2D eigenvalue weighted by molar-refractivity contribution is -0.119. The normalized spacial score (nSPS) is 20.1. The van der Waals surface area contributed by atoms with E-state index in [1.165, 1.54) is 19.3 Å². The first-order valence-electron chi connectivity index (χ1n) is 11.3. The van der Waals surface area contributed by atoms with Gasteiger partial charge < -0.3 is 15.6 Å². The highest BCUT2D eigenvalue weighted by Gasteiger charge is 2.47. The molecule has 0 radical (unpaired) electrons. The van der Waals surface area contributed by atoms with Gasteiger partial charge in [-0.25, -0.2) is 15.0 Å². The minimum absolute atomic E-state index is 0.204. The number of nitrogen functional groups attached to an aromatic ring is 1. The molecule has 2 aromatic heterocycles. The van der Waals surface area contributed by atoms with Gasteiger partial charge in [-0.2, -0.15) is 0 Å². The van der Waals surface area contributed by atoms with E-state index in [1.807, 2.05) is 29.8 Å². The molecule has 1 aromatic carbocycles. The fraction of sp³-hybridized carbons (Fsp3) is 0.320. The minimum atomic E-state index is -1.00. The molecule has 0 spiro atoms. The molecule has 0 bridgehead atoms. The Hall–Kier alpha value is -3.52. The standard InChI is InChI=1S/C25H26ClN7O/c1-3-33-12-11-28-23(33)18(13-15-5-4-6-15)29-14-19-30-21(27)20-22(31-19)32-24(34)25(20,2)16-7-9-17(26)10-8-16/h3,7-12,15H,1,4-6,13-14H2,2H3,(H3,27,30,31,32,34)/b29-18-. The maximum absolute atomic E-state index is 13.0. The summed E-state index contributed by atoms with van der Waals surface area (Å²) in [5.74, 6) is 2.32. The van der Waals surface area contributed by atoms with E-state index >= 15 is 0 Å². The minimum Gasteiger partial charge on any atom is -0.383 e. The maximum atomic E-state index is 13.0. The average Bonchev–Trinajstić information content (AvgIpc) is 3.36. The van der Waals surface area contributed by atoms with Crippen LogP contribution in [0.5, 0.6) is 0 Å². The number of carbonyl (C=O) groups excluding carboxylic acids is 1. The summed E-state index contributed by atoms with van der Waals surface area (Å²) in [5.41, 5.74) is 7.62. The Labute approximate surface area is 203 Å². The van der Waals surface area contributed by atoms with Crippen molar-refractivity contribution in [2.75, 3.05) is 11.1 Å². The van der Waals surface area contributed by atoms with Crippen molar-refractivity contribution in [3.05, 3.63) is 71.0 Å². The highest BCUT2D eigenvalue weighted by molar-refractivity contribution is 6.30. The van der Waals surface area contributed by atoms with Crippen molar-refractivity contribution in [1.82, 2.24) is 19.5 Å². The number of nitrogens with one attached hydrogen (secondary N) is 1. The molecule has 1 unspecified atom stereocenters. The second-order valence-corrected chi connectivity index (χ2v) is 9.38. The summed E-state index contributed by atoms with van der Waals surface area (Å²) in [6, 6.07) is 7.15. The summed E-state index contributed by atoms with van der Waals surface area (Å²) in [6.45, 7) is 5.91. The van der Waals surface area contributed by atoms with Crippen LogP contribution in [-0.2, 0) is 16.8 Å². The van der Waals surface area contributed by atoms with Gasteiger partial charge in [0.15, 0.2) is 11.6 Å². The van der Waals surface area contributed by atoms with Crippen molar-refractivity contribution in [2.45, 2.75) is 44.6 Å². The van der Waals surface area contributed by atoms with Gasteiger partial charge in [-0.05, 0) is 37.0 Å². The van der Waals surface area contributed by atoms with Crippen LogP contribution in [0.25, 0.3) is 6.20 Å². The summed E-state index contributed by atoms with van der Waals surface area (Å²) < 4.78 is 1.87. The molecule has 1 aliphatic carbocycles. The molecular formula is C25H26ClN7O. The first kappa shape index (κ1) is 22.3. The quantitative estimate of drug-likeness (QED) is 0.490. The number of rotatable bonds is 7. The molecule has 2 aliphatic rings. The zero-order valence-corrected chi connectivity index (χ0v) is 19.7. The molecule has 3 heterocycles. The number of amides is 1. The van der Waals surface area contributed by atoms with E-state index in [2.05, 4.69) is 26.8 Å². The third kappa shape index (κ3) is 3.77. The molecule has 1 saturated carbocycles. The van der Waals surface area contributed by atoms with Crippen molar-refractivity contribution < 1.29 is 4.79 Å². The molecule has 3 aromatic rings. The van der Waals surface area contributed by atoms with E-state index < -0.39 is 5.41 Å². The zero-order chi connectivity index (χ0) is 23.9. The number of imidazole rings is 1. The molecule has 1 atom stereocenters. The molecule has 1 fully saturated rings. The van der Waals surface area contributed by atoms with E-state index in [9.17, 15) is 4.79 Å². The molecule has 1 amide bonds. The first-order valence-corrected chi connectivity index (χ1v) is 11.7. The zero-order valence-electron chi connectivity index (χ0n) is 19.0. The van der Waals surface area contributed by atoms with Gasteiger partial charge in [0.05, 0.1) is 17.8 Å². The van der Waals surface area contributed by atoms with Crippen LogP contribution >= 0.6 is 11.6 Å². The molecule has 3 N–H and O–H groups in total. The number of hydrogen-bond acceptors (Lipinski definition) is 6. The van der Waals surface area contributed by atoms with Crippen molar-refractivity contribution in [2.24, 2.45) is 10.9 Å². The van der Waals surface area contributed by atoms with Crippen molar-refractivity contribution in [3.63, 3.8) is 0 Å². The van der Waals surface area contributed by atoms with Gasteiger partial charge >= 0.3 is 0 Å². The third-order valence-electron chi connectivity index (χ3n) is 6.83. The van der Waals surface area contributed by atoms with Gasteiger partial charge in [0.25, 0.3) is 0 Å². The van der Waals surface area contributed by atoms with Gasteiger partial charge in [-0.3, -0.25) is 9.79 Å². The van der Waals surface area contributed by atoms with Crippen LogP contribution in [0, 0.1) is 5.92 Å². The van der Waals surface area contributed by atoms with Gasteiger partial charge in [0.1, 0.15) is 17.1 Å². The van der Waals surface area contributed by atoms with Crippen molar-refractivity contribution >= 4 is 41.1 Å². The van der Waals surface area contributed by atoms with E-state index in [1.54, 1.807) is 24.5 Å². The van der Waals surface area contributed by atoms with Crippen LogP contribution in [0.15, 0.2) is 48.2 Å². The average molecular weight is 476 g/mol. The Morgan fingerprint density at radius 2 is 2.12 bits per heavy atom. The van der Waals surface area contributed by atoms with Crippen LogP contribution in [-0.4, -0.2) is 31.1 Å². The molecule has 174 valence electrons. The molecule has 5 rings (SSSR count). The summed E-state index contributed by atoms with van der Waals surface area (Å²) in [4.78, 5) is 31.5. The molecule has 34 heavy (non-hydrogen) atoms. The van der Waals surface area contributed by atoms with E-state index in [-0.39, 0.29) is 18.3 Å². The van der Waals surface area contributed by atoms with Gasteiger partial charge in [-0.1, -0.05) is 49.6 Å². The highest BCUT2D eigenvalue weighted by atomic mass is 35.5. The molecule has 1 aliphatic heterocycles. The largest absolute Gasteiger partial charge is 0.383 e. The molecular weight excluding hydrogens is 450 g/mol. The fourth-order valence-electron chi connectivity index (χ4n) is 4.63. The van der Waals surface area contributed by atoms with E-state index in [0.29, 0.717) is 28.1 Å². The number of aromatic nitrogens is 4. The van der Waals surface area contributed by atoms with Crippen LogP contribution < -0.4 is 11.1 Å². The monoisotopic (exact) mass is 475 g/mol. The third-order valence-corrected chi connectivity index (χ3v) is 7.08. The smallest absolute Gasteiger partial charge is 0.240 e. The van der Waals surface area contributed by atoms with Crippen LogP contribution in [0.1, 0.15) is 55.4 Å². The number of benzene rings is 1. The Morgan fingerprint density at radius 3 is 2.79 bits per heavy atom. The van der Waals surface area contributed by atoms with Gasteiger partial charge in [-0.15, -0.1) is 0 Å².